The van der Waals surface area contributed by atoms with E-state index in [0.717, 1.165) is 43.2 Å². The highest BCUT2D eigenvalue weighted by Crippen LogP contribution is 2.17. The second-order valence-electron chi connectivity index (χ2n) is 6.42. The SMILES string of the molecule is Cc1cccc(N2CCN(C(=O)NCCc3cccc(Cl)c3)CC2)c1. The zero-order chi connectivity index (χ0) is 17.6. The first kappa shape index (κ1) is 17.6. The van der Waals surface area contributed by atoms with Crippen LogP contribution < -0.4 is 10.2 Å². The molecule has 1 aliphatic heterocycles. The number of benzene rings is 2. The molecule has 0 atom stereocenters. The molecule has 1 saturated heterocycles. The molecule has 0 aliphatic carbocycles. The van der Waals surface area contributed by atoms with Gasteiger partial charge < -0.3 is 15.1 Å². The Kier molecular flexibility index (Phi) is 5.82. The van der Waals surface area contributed by atoms with Crippen molar-refractivity contribution in [2.45, 2.75) is 13.3 Å². The molecule has 1 heterocycles. The van der Waals surface area contributed by atoms with Crippen LogP contribution in [-0.4, -0.2) is 43.7 Å². The van der Waals surface area contributed by atoms with E-state index in [1.54, 1.807) is 0 Å². The number of urea groups is 1. The van der Waals surface area contributed by atoms with E-state index < -0.39 is 0 Å². The third-order valence-corrected chi connectivity index (χ3v) is 4.75. The number of halogens is 1. The van der Waals surface area contributed by atoms with Gasteiger partial charge >= 0.3 is 6.03 Å². The molecule has 25 heavy (non-hydrogen) atoms. The van der Waals surface area contributed by atoms with E-state index in [1.807, 2.05) is 29.2 Å². The zero-order valence-electron chi connectivity index (χ0n) is 14.5. The molecule has 0 aromatic heterocycles. The number of nitrogens with zero attached hydrogens (tertiary/aromatic N) is 2. The number of carbonyl (C=O) groups is 1. The van der Waals surface area contributed by atoms with Gasteiger partial charge in [0.15, 0.2) is 0 Å². The minimum Gasteiger partial charge on any atom is -0.368 e. The fourth-order valence-corrected chi connectivity index (χ4v) is 3.32. The van der Waals surface area contributed by atoms with Crippen molar-refractivity contribution in [3.8, 4) is 0 Å². The smallest absolute Gasteiger partial charge is 0.317 e. The molecular weight excluding hydrogens is 334 g/mol. The Hall–Kier alpha value is -2.20. The molecule has 0 spiro atoms. The van der Waals surface area contributed by atoms with Gasteiger partial charge in [0, 0.05) is 43.4 Å². The first-order valence-corrected chi connectivity index (χ1v) is 9.08. The highest BCUT2D eigenvalue weighted by atomic mass is 35.5. The van der Waals surface area contributed by atoms with Crippen molar-refractivity contribution in [1.82, 2.24) is 10.2 Å². The lowest BCUT2D eigenvalue weighted by molar-refractivity contribution is 0.194. The topological polar surface area (TPSA) is 35.6 Å². The Bertz CT molecular complexity index is 726. The monoisotopic (exact) mass is 357 g/mol. The maximum Gasteiger partial charge on any atom is 0.317 e. The second-order valence-corrected chi connectivity index (χ2v) is 6.86. The number of hydrogen-bond donors (Lipinski definition) is 1. The van der Waals surface area contributed by atoms with Crippen LogP contribution in [0, 0.1) is 6.92 Å². The quantitative estimate of drug-likeness (QED) is 0.905. The lowest BCUT2D eigenvalue weighted by atomic mass is 10.1. The molecule has 2 amide bonds. The summed E-state index contributed by atoms with van der Waals surface area (Å²) in [6.07, 6.45) is 0.787. The van der Waals surface area contributed by atoms with E-state index in [4.69, 9.17) is 11.6 Å². The number of amides is 2. The Morgan fingerprint density at radius 3 is 2.56 bits per heavy atom. The highest BCUT2D eigenvalue weighted by molar-refractivity contribution is 6.30. The van der Waals surface area contributed by atoms with Crippen molar-refractivity contribution < 1.29 is 4.79 Å². The number of hydrogen-bond acceptors (Lipinski definition) is 2. The molecule has 4 nitrogen and oxygen atoms in total. The lowest BCUT2D eigenvalue weighted by Crippen LogP contribution is -2.52. The fourth-order valence-electron chi connectivity index (χ4n) is 3.11. The van der Waals surface area contributed by atoms with Gasteiger partial charge in [-0.2, -0.15) is 0 Å². The minimum absolute atomic E-state index is 0.0194. The van der Waals surface area contributed by atoms with Crippen LogP contribution in [0.1, 0.15) is 11.1 Å². The molecule has 1 fully saturated rings. The summed E-state index contributed by atoms with van der Waals surface area (Å²) >= 11 is 5.98. The van der Waals surface area contributed by atoms with E-state index in [-0.39, 0.29) is 6.03 Å². The predicted molar refractivity (Wildman–Crippen MR) is 104 cm³/mol. The van der Waals surface area contributed by atoms with Gasteiger partial charge in [-0.1, -0.05) is 35.9 Å². The van der Waals surface area contributed by atoms with Crippen molar-refractivity contribution in [2.75, 3.05) is 37.6 Å². The van der Waals surface area contributed by atoms with Gasteiger partial charge in [-0.15, -0.1) is 0 Å². The summed E-state index contributed by atoms with van der Waals surface area (Å²) in [7, 11) is 0. The van der Waals surface area contributed by atoms with Crippen LogP contribution in [-0.2, 0) is 6.42 Å². The number of carbonyl (C=O) groups excluding carboxylic acids is 1. The Morgan fingerprint density at radius 1 is 1.08 bits per heavy atom. The molecule has 0 saturated carbocycles. The predicted octanol–water partition coefficient (Wildman–Crippen LogP) is 3.72. The molecule has 3 rings (SSSR count). The largest absolute Gasteiger partial charge is 0.368 e. The maximum absolute atomic E-state index is 12.3. The second kappa shape index (κ2) is 8.26. The van der Waals surface area contributed by atoms with Crippen LogP contribution >= 0.6 is 11.6 Å². The van der Waals surface area contributed by atoms with Gasteiger partial charge in [-0.3, -0.25) is 0 Å². The van der Waals surface area contributed by atoms with Crippen LogP contribution in [0.5, 0.6) is 0 Å². The van der Waals surface area contributed by atoms with Crippen LogP contribution in [0.3, 0.4) is 0 Å². The Morgan fingerprint density at radius 2 is 1.84 bits per heavy atom. The summed E-state index contributed by atoms with van der Waals surface area (Å²) in [6.45, 7) is 5.95. The summed E-state index contributed by atoms with van der Waals surface area (Å²) in [4.78, 5) is 16.6. The molecule has 0 unspecified atom stereocenters. The summed E-state index contributed by atoms with van der Waals surface area (Å²) in [5, 5.41) is 3.74. The number of piperazine rings is 1. The van der Waals surface area contributed by atoms with E-state index in [9.17, 15) is 4.79 Å². The molecule has 0 bridgehead atoms. The standard InChI is InChI=1S/C20H24ClN3O/c1-16-4-2-7-19(14-16)23-10-12-24(13-11-23)20(25)22-9-8-17-5-3-6-18(21)15-17/h2-7,14-15H,8-13H2,1H3,(H,22,25). The summed E-state index contributed by atoms with van der Waals surface area (Å²) in [5.41, 5.74) is 3.64. The molecule has 2 aromatic rings. The molecule has 5 heteroatoms. The number of rotatable bonds is 4. The van der Waals surface area contributed by atoms with Crippen molar-refractivity contribution in [3.05, 3.63) is 64.7 Å². The van der Waals surface area contributed by atoms with E-state index >= 15 is 0 Å². The molecule has 2 aromatic carbocycles. The van der Waals surface area contributed by atoms with Crippen LogP contribution in [0.25, 0.3) is 0 Å². The van der Waals surface area contributed by atoms with Gasteiger partial charge in [0.25, 0.3) is 0 Å². The Labute approximate surface area is 154 Å². The maximum atomic E-state index is 12.3. The van der Waals surface area contributed by atoms with E-state index in [2.05, 4.69) is 41.4 Å². The normalized spacial score (nSPS) is 14.5. The number of nitrogens with one attached hydrogen (secondary N) is 1. The Balaban J connectivity index is 1.44. The molecule has 132 valence electrons. The molecule has 1 N–H and O–H groups in total. The van der Waals surface area contributed by atoms with Crippen molar-refractivity contribution in [2.24, 2.45) is 0 Å². The highest BCUT2D eigenvalue weighted by Gasteiger charge is 2.20. The van der Waals surface area contributed by atoms with Crippen LogP contribution in [0.15, 0.2) is 48.5 Å². The third kappa shape index (κ3) is 4.89. The van der Waals surface area contributed by atoms with Gasteiger partial charge in [-0.05, 0) is 48.7 Å². The average Bonchev–Trinajstić information content (AvgIpc) is 2.62. The summed E-state index contributed by atoms with van der Waals surface area (Å²) in [6, 6.07) is 16.3. The number of anilines is 1. The lowest BCUT2D eigenvalue weighted by Gasteiger charge is -2.36. The fraction of sp³-hybridized carbons (Fsp3) is 0.350. The molecule has 1 aliphatic rings. The van der Waals surface area contributed by atoms with Gasteiger partial charge in [0.1, 0.15) is 0 Å². The van der Waals surface area contributed by atoms with Crippen LogP contribution in [0.4, 0.5) is 10.5 Å². The minimum atomic E-state index is 0.0194. The molecular formula is C20H24ClN3O. The van der Waals surface area contributed by atoms with Crippen molar-refractivity contribution in [3.63, 3.8) is 0 Å². The van der Waals surface area contributed by atoms with Crippen LogP contribution in [0.2, 0.25) is 5.02 Å². The average molecular weight is 358 g/mol. The third-order valence-electron chi connectivity index (χ3n) is 4.51. The van der Waals surface area contributed by atoms with E-state index in [1.165, 1.54) is 11.3 Å². The van der Waals surface area contributed by atoms with Gasteiger partial charge in [0.2, 0.25) is 0 Å². The molecule has 0 radical (unpaired) electrons. The van der Waals surface area contributed by atoms with Gasteiger partial charge in [0.05, 0.1) is 0 Å². The first-order valence-electron chi connectivity index (χ1n) is 8.71. The number of aryl methyl sites for hydroxylation is 1. The van der Waals surface area contributed by atoms with Gasteiger partial charge in [-0.25, -0.2) is 4.79 Å². The first-order chi connectivity index (χ1) is 12.1. The van der Waals surface area contributed by atoms with Crippen molar-refractivity contribution in [1.29, 1.82) is 0 Å². The van der Waals surface area contributed by atoms with E-state index in [0.29, 0.717) is 6.54 Å². The van der Waals surface area contributed by atoms with Crippen molar-refractivity contribution >= 4 is 23.3 Å². The zero-order valence-corrected chi connectivity index (χ0v) is 15.3. The summed E-state index contributed by atoms with van der Waals surface area (Å²) in [5.74, 6) is 0. The summed E-state index contributed by atoms with van der Waals surface area (Å²) < 4.78 is 0.